The summed E-state index contributed by atoms with van der Waals surface area (Å²) < 4.78 is 39.7. The van der Waals surface area contributed by atoms with Gasteiger partial charge in [-0.1, -0.05) is 54.1 Å². The second-order valence-corrected chi connectivity index (χ2v) is 11.1. The predicted molar refractivity (Wildman–Crippen MR) is 146 cm³/mol. The summed E-state index contributed by atoms with van der Waals surface area (Å²) >= 11 is 0. The molecule has 0 aromatic heterocycles. The summed E-state index contributed by atoms with van der Waals surface area (Å²) in [4.78, 5) is 13.4. The zero-order chi connectivity index (χ0) is 27.2. The van der Waals surface area contributed by atoms with Gasteiger partial charge in [0, 0.05) is 6.54 Å². The first-order valence-electron chi connectivity index (χ1n) is 12.2. The highest BCUT2D eigenvalue weighted by Gasteiger charge is 2.30. The molecular weight excluding hydrogens is 488 g/mol. The van der Waals surface area contributed by atoms with Crippen LogP contribution in [-0.2, 0) is 21.2 Å². The molecule has 3 aromatic carbocycles. The molecular formula is C29H36N2O5S. The SMILES string of the molecule is COc1ccc([C@H](C)NC(=O)CN(CCc2ccccc2)S(=O)(=O)c2c(C)cc(C)cc2C)cc1OC. The van der Waals surface area contributed by atoms with Gasteiger partial charge in [-0.05, 0) is 68.5 Å². The summed E-state index contributed by atoms with van der Waals surface area (Å²) in [5, 5.41) is 2.93. The van der Waals surface area contributed by atoms with Crippen molar-refractivity contribution in [2.75, 3.05) is 27.3 Å². The van der Waals surface area contributed by atoms with E-state index in [1.807, 2.05) is 62.4 Å². The largest absolute Gasteiger partial charge is 0.493 e. The number of hydrogen-bond donors (Lipinski definition) is 1. The Morgan fingerprint density at radius 1 is 0.919 bits per heavy atom. The number of benzene rings is 3. The van der Waals surface area contributed by atoms with Gasteiger partial charge in [0.2, 0.25) is 15.9 Å². The van der Waals surface area contributed by atoms with Crippen LogP contribution in [0.1, 0.15) is 40.8 Å². The Kier molecular flexibility index (Phi) is 9.34. The first kappa shape index (κ1) is 28.2. The maximum atomic E-state index is 13.9. The van der Waals surface area contributed by atoms with Crippen LogP contribution in [0.3, 0.4) is 0 Å². The fraction of sp³-hybridized carbons (Fsp3) is 0.345. The summed E-state index contributed by atoms with van der Waals surface area (Å²) in [5.41, 5.74) is 4.14. The Morgan fingerprint density at radius 2 is 1.54 bits per heavy atom. The van der Waals surface area contributed by atoms with Gasteiger partial charge in [0.1, 0.15) is 0 Å². The van der Waals surface area contributed by atoms with E-state index in [0.717, 1.165) is 16.7 Å². The van der Waals surface area contributed by atoms with Crippen LogP contribution in [0, 0.1) is 20.8 Å². The van der Waals surface area contributed by atoms with Gasteiger partial charge in [-0.2, -0.15) is 4.31 Å². The first-order valence-corrected chi connectivity index (χ1v) is 13.6. The van der Waals surface area contributed by atoms with Crippen LogP contribution >= 0.6 is 0 Å². The van der Waals surface area contributed by atoms with E-state index in [4.69, 9.17) is 9.47 Å². The Labute approximate surface area is 220 Å². The maximum Gasteiger partial charge on any atom is 0.244 e. The molecule has 8 heteroatoms. The number of methoxy groups -OCH3 is 2. The van der Waals surface area contributed by atoms with Gasteiger partial charge in [0.25, 0.3) is 0 Å². The van der Waals surface area contributed by atoms with Gasteiger partial charge < -0.3 is 14.8 Å². The highest BCUT2D eigenvalue weighted by molar-refractivity contribution is 7.89. The lowest BCUT2D eigenvalue weighted by Gasteiger charge is -2.25. The molecule has 0 spiro atoms. The summed E-state index contributed by atoms with van der Waals surface area (Å²) in [6.07, 6.45) is 0.489. The zero-order valence-corrected chi connectivity index (χ0v) is 23.2. The third kappa shape index (κ3) is 6.90. The van der Waals surface area contributed by atoms with Crippen LogP contribution in [0.25, 0.3) is 0 Å². The molecule has 0 fully saturated rings. The van der Waals surface area contributed by atoms with E-state index >= 15 is 0 Å². The molecule has 0 aliphatic rings. The topological polar surface area (TPSA) is 84.9 Å². The van der Waals surface area contributed by atoms with Crippen molar-refractivity contribution in [1.82, 2.24) is 9.62 Å². The molecule has 3 aromatic rings. The summed E-state index contributed by atoms with van der Waals surface area (Å²) in [6.45, 7) is 7.25. The third-order valence-corrected chi connectivity index (χ3v) is 8.45. The molecule has 0 unspecified atom stereocenters. The van der Waals surface area contributed by atoms with E-state index < -0.39 is 10.0 Å². The highest BCUT2D eigenvalue weighted by Crippen LogP contribution is 2.30. The molecule has 0 saturated heterocycles. The molecule has 198 valence electrons. The summed E-state index contributed by atoms with van der Waals surface area (Å²) in [5.74, 6) is 0.756. The van der Waals surface area contributed by atoms with E-state index in [-0.39, 0.29) is 29.9 Å². The van der Waals surface area contributed by atoms with Crippen molar-refractivity contribution >= 4 is 15.9 Å². The number of nitrogens with zero attached hydrogens (tertiary/aromatic N) is 1. The van der Waals surface area contributed by atoms with E-state index in [1.165, 1.54) is 4.31 Å². The van der Waals surface area contributed by atoms with Crippen LogP contribution in [0.5, 0.6) is 11.5 Å². The van der Waals surface area contributed by atoms with Crippen LogP contribution in [-0.4, -0.2) is 45.9 Å². The second-order valence-electron chi connectivity index (χ2n) is 9.21. The lowest BCUT2D eigenvalue weighted by Crippen LogP contribution is -2.42. The van der Waals surface area contributed by atoms with Crippen molar-refractivity contribution in [1.29, 1.82) is 0 Å². The van der Waals surface area contributed by atoms with E-state index in [0.29, 0.717) is 29.0 Å². The average molecular weight is 525 g/mol. The number of sulfonamides is 1. The molecule has 1 amide bonds. The monoisotopic (exact) mass is 524 g/mol. The molecule has 0 heterocycles. The second kappa shape index (κ2) is 12.3. The van der Waals surface area contributed by atoms with E-state index in [1.54, 1.807) is 40.2 Å². The van der Waals surface area contributed by atoms with Crippen molar-refractivity contribution < 1.29 is 22.7 Å². The molecule has 0 aliphatic carbocycles. The van der Waals surface area contributed by atoms with E-state index in [9.17, 15) is 13.2 Å². The van der Waals surface area contributed by atoms with E-state index in [2.05, 4.69) is 5.32 Å². The van der Waals surface area contributed by atoms with Gasteiger partial charge in [-0.15, -0.1) is 0 Å². The van der Waals surface area contributed by atoms with Crippen molar-refractivity contribution in [3.63, 3.8) is 0 Å². The average Bonchev–Trinajstić information content (AvgIpc) is 2.85. The molecule has 1 N–H and O–H groups in total. The minimum absolute atomic E-state index is 0.178. The minimum Gasteiger partial charge on any atom is -0.493 e. The van der Waals surface area contributed by atoms with Crippen molar-refractivity contribution in [2.24, 2.45) is 0 Å². The number of ether oxygens (including phenoxy) is 2. The normalized spacial score (nSPS) is 12.3. The van der Waals surface area contributed by atoms with Crippen molar-refractivity contribution in [3.05, 3.63) is 88.5 Å². The molecule has 0 bridgehead atoms. The number of nitrogens with one attached hydrogen (secondary N) is 1. The number of hydrogen-bond acceptors (Lipinski definition) is 5. The van der Waals surface area contributed by atoms with Gasteiger partial charge in [-0.25, -0.2) is 8.42 Å². The standard InChI is InChI=1S/C29H36N2O5S/c1-20-16-21(2)29(22(3)17-20)37(33,34)31(15-14-24-10-8-7-9-11-24)19-28(32)30-23(4)25-12-13-26(35-5)27(18-25)36-6/h7-13,16-18,23H,14-15,19H2,1-6H3,(H,30,32)/t23-/m0/s1. The van der Waals surface area contributed by atoms with Gasteiger partial charge in [-0.3, -0.25) is 4.79 Å². The van der Waals surface area contributed by atoms with Crippen LogP contribution in [0.15, 0.2) is 65.6 Å². The van der Waals surface area contributed by atoms with Gasteiger partial charge in [0.15, 0.2) is 11.5 Å². The van der Waals surface area contributed by atoms with Crippen molar-refractivity contribution in [2.45, 2.75) is 45.1 Å². The number of aryl methyl sites for hydroxylation is 3. The fourth-order valence-electron chi connectivity index (χ4n) is 4.54. The molecule has 0 aliphatic heterocycles. The smallest absolute Gasteiger partial charge is 0.244 e. The molecule has 0 radical (unpaired) electrons. The first-order chi connectivity index (χ1) is 17.6. The predicted octanol–water partition coefficient (Wildman–Crippen LogP) is 4.74. The zero-order valence-electron chi connectivity index (χ0n) is 22.4. The van der Waals surface area contributed by atoms with Gasteiger partial charge in [0.05, 0.1) is 31.7 Å². The molecule has 1 atom stereocenters. The quantitative estimate of drug-likeness (QED) is 0.392. The minimum atomic E-state index is -3.93. The molecule has 7 nitrogen and oxygen atoms in total. The number of carbonyl (C=O) groups excluding carboxylic acids is 1. The van der Waals surface area contributed by atoms with Crippen LogP contribution < -0.4 is 14.8 Å². The Balaban J connectivity index is 1.86. The van der Waals surface area contributed by atoms with Gasteiger partial charge >= 0.3 is 0 Å². The van der Waals surface area contributed by atoms with Crippen LogP contribution in [0.2, 0.25) is 0 Å². The Hall–Kier alpha value is -3.36. The lowest BCUT2D eigenvalue weighted by molar-refractivity contribution is -0.121. The third-order valence-electron chi connectivity index (χ3n) is 6.30. The molecule has 3 rings (SSSR count). The maximum absolute atomic E-state index is 13.9. The fourth-order valence-corrected chi connectivity index (χ4v) is 6.35. The molecule has 37 heavy (non-hydrogen) atoms. The number of amides is 1. The number of rotatable bonds is 11. The Morgan fingerprint density at radius 3 is 2.14 bits per heavy atom. The summed E-state index contributed by atoms with van der Waals surface area (Å²) in [6, 6.07) is 18.4. The summed E-state index contributed by atoms with van der Waals surface area (Å²) in [7, 11) is -0.817. The highest BCUT2D eigenvalue weighted by atomic mass is 32.2. The molecule has 0 saturated carbocycles. The number of carbonyl (C=O) groups is 1. The van der Waals surface area contributed by atoms with Crippen molar-refractivity contribution in [3.8, 4) is 11.5 Å². The van der Waals surface area contributed by atoms with Crippen LogP contribution in [0.4, 0.5) is 0 Å². The lowest BCUT2D eigenvalue weighted by atomic mass is 10.1. The Bertz CT molecular complexity index is 1320.